The van der Waals surface area contributed by atoms with Gasteiger partial charge in [0.2, 0.25) is 0 Å². The predicted molar refractivity (Wildman–Crippen MR) is 179 cm³/mol. The quantitative estimate of drug-likeness (QED) is 0.230. The lowest BCUT2D eigenvalue weighted by Gasteiger charge is -2.35. The maximum atomic E-state index is 12.6. The Hall–Kier alpha value is -5.31. The van der Waals surface area contributed by atoms with Crippen LogP contribution in [-0.2, 0) is 9.63 Å². The van der Waals surface area contributed by atoms with Crippen LogP contribution in [0.1, 0.15) is 24.9 Å². The number of nitrogens with zero attached hydrogens (tertiary/aromatic N) is 5. The van der Waals surface area contributed by atoms with Crippen LogP contribution in [0.25, 0.3) is 0 Å². The van der Waals surface area contributed by atoms with E-state index in [1.165, 1.54) is 6.33 Å². The molecule has 0 bridgehead atoms. The van der Waals surface area contributed by atoms with Crippen molar-refractivity contribution in [3.05, 3.63) is 84.7 Å². The van der Waals surface area contributed by atoms with Crippen LogP contribution >= 0.6 is 0 Å². The number of hydroxylamine groups is 1. The molecule has 0 saturated carbocycles. The van der Waals surface area contributed by atoms with Gasteiger partial charge in [-0.3, -0.25) is 9.63 Å². The fourth-order valence-corrected chi connectivity index (χ4v) is 5.59. The summed E-state index contributed by atoms with van der Waals surface area (Å²) in [5.41, 5.74) is 3.19. The van der Waals surface area contributed by atoms with Crippen LogP contribution in [0.15, 0.2) is 79.1 Å². The molecule has 1 aromatic heterocycles. The van der Waals surface area contributed by atoms with Crippen molar-refractivity contribution in [2.45, 2.75) is 19.4 Å². The van der Waals surface area contributed by atoms with Crippen LogP contribution in [0.4, 0.5) is 28.7 Å². The molecule has 3 aromatic carbocycles. The Morgan fingerprint density at radius 3 is 2.54 bits per heavy atom. The number of rotatable bonds is 9. The molecule has 2 aliphatic rings. The van der Waals surface area contributed by atoms with Gasteiger partial charge >= 0.3 is 0 Å². The van der Waals surface area contributed by atoms with Gasteiger partial charge in [0.05, 0.1) is 36.8 Å². The summed E-state index contributed by atoms with van der Waals surface area (Å²) in [4.78, 5) is 32.2. The van der Waals surface area contributed by atoms with Gasteiger partial charge in [-0.2, -0.15) is 0 Å². The Balaban J connectivity index is 1.25. The highest BCUT2D eigenvalue weighted by Crippen LogP contribution is 2.40. The van der Waals surface area contributed by atoms with Gasteiger partial charge in [0.15, 0.2) is 5.82 Å². The number of likely N-dealkylation sites (N-methyl/N-ethyl adjacent to an activating group) is 1. The first-order chi connectivity index (χ1) is 22.5. The number of benzene rings is 3. The molecule has 2 aliphatic heterocycles. The molecule has 46 heavy (non-hydrogen) atoms. The molecule has 11 nitrogen and oxygen atoms in total. The van der Waals surface area contributed by atoms with Crippen molar-refractivity contribution in [1.82, 2.24) is 14.9 Å². The molecule has 0 spiro atoms. The predicted octanol–water partition coefficient (Wildman–Crippen LogP) is 5.62. The van der Waals surface area contributed by atoms with Gasteiger partial charge < -0.3 is 29.9 Å². The summed E-state index contributed by atoms with van der Waals surface area (Å²) in [6.45, 7) is 5.66. The van der Waals surface area contributed by atoms with Crippen LogP contribution in [0.5, 0.6) is 17.2 Å². The summed E-state index contributed by atoms with van der Waals surface area (Å²) >= 11 is 0. The zero-order chi connectivity index (χ0) is 31.9. The summed E-state index contributed by atoms with van der Waals surface area (Å²) in [5, 5.41) is 8.15. The third-order valence-corrected chi connectivity index (χ3v) is 7.92. The number of carbonyl (C=O) groups is 1. The largest absolute Gasteiger partial charge is 0.494 e. The summed E-state index contributed by atoms with van der Waals surface area (Å²) in [5.74, 6) is 8.14. The van der Waals surface area contributed by atoms with Gasteiger partial charge in [-0.1, -0.05) is 36.3 Å². The molecule has 1 unspecified atom stereocenters. The fourth-order valence-electron chi connectivity index (χ4n) is 5.59. The first-order valence-electron chi connectivity index (χ1n) is 15.2. The van der Waals surface area contributed by atoms with E-state index in [0.29, 0.717) is 35.4 Å². The van der Waals surface area contributed by atoms with Crippen LogP contribution in [0, 0.1) is 11.8 Å². The second-order valence-electron chi connectivity index (χ2n) is 11.0. The first kappa shape index (κ1) is 30.7. The van der Waals surface area contributed by atoms with Gasteiger partial charge in [-0.25, -0.2) is 15.0 Å². The minimum absolute atomic E-state index is 0.0685. The molecule has 3 heterocycles. The molecule has 0 radical (unpaired) electrons. The zero-order valence-electron chi connectivity index (χ0n) is 26.2. The van der Waals surface area contributed by atoms with E-state index in [9.17, 15) is 4.79 Å². The number of piperazine rings is 1. The lowest BCUT2D eigenvalue weighted by molar-refractivity contribution is -0.111. The lowest BCUT2D eigenvalue weighted by Crippen LogP contribution is -2.44. The number of amides is 1. The van der Waals surface area contributed by atoms with Gasteiger partial charge in [0.1, 0.15) is 29.4 Å². The normalized spacial score (nSPS) is 16.4. The summed E-state index contributed by atoms with van der Waals surface area (Å²) in [6.07, 6.45) is 2.28. The Morgan fingerprint density at radius 2 is 1.76 bits per heavy atom. The molecule has 1 amide bonds. The number of carbonyl (C=O) groups excluding carboxylic acids is 1. The third kappa shape index (κ3) is 7.15. The number of anilines is 5. The van der Waals surface area contributed by atoms with Crippen molar-refractivity contribution >= 4 is 34.6 Å². The highest BCUT2D eigenvalue weighted by molar-refractivity contribution is 6.06. The highest BCUT2D eigenvalue weighted by atomic mass is 16.7. The molecular formula is C35H37N7O4. The SMILES string of the molecule is CC#CC(=O)Nc1cc(Nc2cc(N3OCCC3c3cccc(Oc4ccccc4)c3)ncn2)c(OC)cc1N1CCN(C)CC1. The molecule has 4 aromatic rings. The van der Waals surface area contributed by atoms with Gasteiger partial charge in [0, 0.05) is 44.7 Å². The molecular weight excluding hydrogens is 582 g/mol. The topological polar surface area (TPSA) is 104 Å². The Kier molecular flexibility index (Phi) is 9.48. The second kappa shape index (κ2) is 14.2. The smallest absolute Gasteiger partial charge is 0.300 e. The Bertz CT molecular complexity index is 1730. The minimum atomic E-state index is -0.381. The van der Waals surface area contributed by atoms with E-state index in [4.69, 9.17) is 14.3 Å². The first-order valence-corrected chi connectivity index (χ1v) is 15.2. The van der Waals surface area contributed by atoms with Crippen molar-refractivity contribution in [3.63, 3.8) is 0 Å². The average molecular weight is 620 g/mol. The van der Waals surface area contributed by atoms with Crippen molar-refractivity contribution < 1.29 is 19.1 Å². The van der Waals surface area contributed by atoms with Crippen molar-refractivity contribution in [3.8, 4) is 29.1 Å². The monoisotopic (exact) mass is 619 g/mol. The highest BCUT2D eigenvalue weighted by Gasteiger charge is 2.30. The molecule has 236 valence electrons. The lowest BCUT2D eigenvalue weighted by atomic mass is 10.0. The van der Waals surface area contributed by atoms with E-state index in [0.717, 1.165) is 55.3 Å². The van der Waals surface area contributed by atoms with Gasteiger partial charge in [0.25, 0.3) is 5.91 Å². The van der Waals surface area contributed by atoms with Crippen LogP contribution in [0.3, 0.4) is 0 Å². The fraction of sp³-hybridized carbons (Fsp3) is 0.286. The van der Waals surface area contributed by atoms with Gasteiger partial charge in [-0.05, 0) is 55.8 Å². The van der Waals surface area contributed by atoms with Crippen molar-refractivity contribution in [2.24, 2.45) is 0 Å². The summed E-state index contributed by atoms with van der Waals surface area (Å²) in [7, 11) is 3.73. The van der Waals surface area contributed by atoms with Crippen LogP contribution in [0.2, 0.25) is 0 Å². The molecule has 6 rings (SSSR count). The van der Waals surface area contributed by atoms with Crippen LogP contribution < -0.4 is 30.1 Å². The van der Waals surface area contributed by atoms with E-state index in [1.807, 2.05) is 71.8 Å². The van der Waals surface area contributed by atoms with E-state index in [1.54, 1.807) is 14.0 Å². The van der Waals surface area contributed by atoms with E-state index < -0.39 is 0 Å². The van der Waals surface area contributed by atoms with E-state index >= 15 is 0 Å². The maximum Gasteiger partial charge on any atom is 0.300 e. The average Bonchev–Trinajstić information content (AvgIpc) is 3.57. The second-order valence-corrected chi connectivity index (χ2v) is 11.0. The molecule has 2 N–H and O–H groups in total. The Morgan fingerprint density at radius 1 is 0.957 bits per heavy atom. The zero-order valence-corrected chi connectivity index (χ0v) is 26.2. The van der Waals surface area contributed by atoms with Crippen LogP contribution in [-0.4, -0.2) is 67.7 Å². The number of methoxy groups -OCH3 is 1. The number of hydrogen-bond acceptors (Lipinski definition) is 10. The van der Waals surface area contributed by atoms with E-state index in [2.05, 4.69) is 55.4 Å². The number of nitrogens with one attached hydrogen (secondary N) is 2. The molecule has 2 fully saturated rings. The van der Waals surface area contributed by atoms with Gasteiger partial charge in [-0.15, -0.1) is 0 Å². The van der Waals surface area contributed by atoms with Crippen molar-refractivity contribution in [2.75, 3.05) is 67.5 Å². The number of aromatic nitrogens is 2. The summed E-state index contributed by atoms with van der Waals surface area (Å²) in [6, 6.07) is 23.3. The van der Waals surface area contributed by atoms with E-state index in [-0.39, 0.29) is 11.9 Å². The summed E-state index contributed by atoms with van der Waals surface area (Å²) < 4.78 is 11.9. The number of hydrogen-bond donors (Lipinski definition) is 2. The molecule has 0 aliphatic carbocycles. The maximum absolute atomic E-state index is 12.6. The molecule has 11 heteroatoms. The minimum Gasteiger partial charge on any atom is -0.494 e. The molecule has 1 atom stereocenters. The Labute approximate surface area is 269 Å². The number of ether oxygens (including phenoxy) is 2. The third-order valence-electron chi connectivity index (χ3n) is 7.92. The number of para-hydroxylation sites is 1. The molecule has 2 saturated heterocycles. The standard InChI is InChI=1S/C35H37N7O4/c1-4-9-35(43)39-28-21-29(32(44-3)22-31(28)41-17-15-40(2)16-18-41)38-33-23-34(37-24-36-33)42-30(14-19-45-42)25-10-8-13-27(20-25)46-26-11-6-5-7-12-26/h5-8,10-13,20-24,30H,14-19H2,1-3H3,(H,39,43)(H,36,37,38). The van der Waals surface area contributed by atoms with Crippen molar-refractivity contribution in [1.29, 1.82) is 0 Å².